The highest BCUT2D eigenvalue weighted by atomic mass is 35.5. The molecule has 0 aliphatic carbocycles. The van der Waals surface area contributed by atoms with Gasteiger partial charge in [0.05, 0.1) is 0 Å². The Morgan fingerprint density at radius 2 is 2.22 bits per heavy atom. The molecule has 1 aliphatic heterocycles. The molecule has 1 unspecified atom stereocenters. The van der Waals surface area contributed by atoms with E-state index >= 15 is 0 Å². The third kappa shape index (κ3) is 6.86. The summed E-state index contributed by atoms with van der Waals surface area (Å²) >= 11 is 1.86. The first-order chi connectivity index (χ1) is 8.27. The van der Waals surface area contributed by atoms with Crippen LogP contribution in [0.1, 0.15) is 32.1 Å². The normalized spacial score (nSPS) is 19.4. The number of rotatable bonds is 7. The molecule has 0 saturated carbocycles. The zero-order valence-electron chi connectivity index (χ0n) is 11.6. The Hall–Kier alpha value is 0.0700. The van der Waals surface area contributed by atoms with Gasteiger partial charge in [-0.1, -0.05) is 0 Å². The molecule has 108 valence electrons. The van der Waals surface area contributed by atoms with E-state index in [0.29, 0.717) is 11.8 Å². The number of nitrogens with zero attached hydrogens (tertiary/aromatic N) is 1. The highest BCUT2D eigenvalue weighted by Gasteiger charge is 2.22. The number of piperidine rings is 1. The molecular weight excluding hydrogens is 268 g/mol. The van der Waals surface area contributed by atoms with E-state index in [1.54, 1.807) is 0 Å². The third-order valence-electron chi connectivity index (χ3n) is 3.35. The van der Waals surface area contributed by atoms with Crippen LogP contribution in [0.5, 0.6) is 0 Å². The first-order valence-electron chi connectivity index (χ1n) is 6.69. The largest absolute Gasteiger partial charge is 0.342 e. The zero-order valence-corrected chi connectivity index (χ0v) is 13.2. The maximum Gasteiger partial charge on any atom is 0.222 e. The molecule has 1 heterocycles. The maximum atomic E-state index is 12.0. The molecule has 0 aromatic heterocycles. The average molecular weight is 295 g/mol. The number of thioether (sulfide) groups is 1. The van der Waals surface area contributed by atoms with Gasteiger partial charge < -0.3 is 10.2 Å². The van der Waals surface area contributed by atoms with Crippen LogP contribution in [0.25, 0.3) is 0 Å². The van der Waals surface area contributed by atoms with Crippen molar-refractivity contribution in [2.24, 2.45) is 5.92 Å². The second-order valence-electron chi connectivity index (χ2n) is 4.86. The van der Waals surface area contributed by atoms with Gasteiger partial charge in [0.15, 0.2) is 0 Å². The number of likely N-dealkylation sites (tertiary alicyclic amines) is 1. The number of carbonyl (C=O) groups is 1. The molecule has 1 fully saturated rings. The monoisotopic (exact) mass is 294 g/mol. The van der Waals surface area contributed by atoms with Crippen LogP contribution in [0.3, 0.4) is 0 Å². The summed E-state index contributed by atoms with van der Waals surface area (Å²) < 4.78 is 0. The summed E-state index contributed by atoms with van der Waals surface area (Å²) in [6, 6.07) is 0. The first-order valence-corrected chi connectivity index (χ1v) is 8.08. The molecule has 1 N–H and O–H groups in total. The number of amides is 1. The summed E-state index contributed by atoms with van der Waals surface area (Å²) in [6.45, 7) is 2.97. The van der Waals surface area contributed by atoms with Gasteiger partial charge in [-0.3, -0.25) is 4.79 Å². The summed E-state index contributed by atoms with van der Waals surface area (Å²) in [6.07, 6.45) is 7.51. The molecule has 0 bridgehead atoms. The van der Waals surface area contributed by atoms with Crippen LogP contribution in [0.2, 0.25) is 0 Å². The average Bonchev–Trinajstić information content (AvgIpc) is 2.35. The lowest BCUT2D eigenvalue weighted by molar-refractivity contribution is -0.133. The van der Waals surface area contributed by atoms with Crippen molar-refractivity contribution in [3.05, 3.63) is 0 Å². The Bertz CT molecular complexity index is 227. The summed E-state index contributed by atoms with van der Waals surface area (Å²) in [5.41, 5.74) is 0. The predicted octanol–water partition coefficient (Wildman–Crippen LogP) is 2.40. The summed E-state index contributed by atoms with van der Waals surface area (Å²) in [4.78, 5) is 14.1. The highest BCUT2D eigenvalue weighted by molar-refractivity contribution is 7.98. The van der Waals surface area contributed by atoms with Crippen molar-refractivity contribution in [3.8, 4) is 0 Å². The summed E-state index contributed by atoms with van der Waals surface area (Å²) in [5, 5.41) is 3.22. The summed E-state index contributed by atoms with van der Waals surface area (Å²) in [7, 11) is 1.99. The molecule has 18 heavy (non-hydrogen) atoms. The Morgan fingerprint density at radius 1 is 1.44 bits per heavy atom. The van der Waals surface area contributed by atoms with Gasteiger partial charge in [-0.05, 0) is 57.2 Å². The van der Waals surface area contributed by atoms with Gasteiger partial charge in [0.25, 0.3) is 0 Å². The van der Waals surface area contributed by atoms with E-state index in [-0.39, 0.29) is 12.4 Å². The predicted molar refractivity (Wildman–Crippen MR) is 82.7 cm³/mol. The third-order valence-corrected chi connectivity index (χ3v) is 4.05. The fourth-order valence-electron chi connectivity index (χ4n) is 2.43. The molecule has 5 heteroatoms. The van der Waals surface area contributed by atoms with Gasteiger partial charge in [0.2, 0.25) is 5.91 Å². The van der Waals surface area contributed by atoms with Crippen molar-refractivity contribution in [3.63, 3.8) is 0 Å². The molecule has 1 aliphatic rings. The van der Waals surface area contributed by atoms with Crippen LogP contribution in [0, 0.1) is 5.92 Å². The lowest BCUT2D eigenvalue weighted by Crippen LogP contribution is -2.42. The summed E-state index contributed by atoms with van der Waals surface area (Å²) in [5.74, 6) is 2.20. The molecule has 1 rings (SSSR count). The zero-order chi connectivity index (χ0) is 12.5. The topological polar surface area (TPSA) is 32.3 Å². The number of hydrogen-bond acceptors (Lipinski definition) is 3. The molecular formula is C13H27ClN2OS. The second-order valence-corrected chi connectivity index (χ2v) is 5.84. The number of unbranched alkanes of at least 4 members (excludes halogenated alkanes) is 1. The molecule has 0 spiro atoms. The highest BCUT2D eigenvalue weighted by Crippen LogP contribution is 2.17. The number of nitrogens with one attached hydrogen (secondary N) is 1. The SMILES string of the molecule is CNCC1CCCN(C(=O)CCCCSC)C1.Cl. The van der Waals surface area contributed by atoms with E-state index in [1.807, 2.05) is 18.8 Å². The lowest BCUT2D eigenvalue weighted by Gasteiger charge is -2.32. The molecule has 3 nitrogen and oxygen atoms in total. The molecule has 0 radical (unpaired) electrons. The molecule has 1 saturated heterocycles. The van der Waals surface area contributed by atoms with Crippen molar-refractivity contribution in [2.75, 3.05) is 38.7 Å². The van der Waals surface area contributed by atoms with Gasteiger partial charge in [-0.2, -0.15) is 11.8 Å². The fraction of sp³-hybridized carbons (Fsp3) is 0.923. The van der Waals surface area contributed by atoms with E-state index in [9.17, 15) is 4.79 Å². The van der Waals surface area contributed by atoms with Gasteiger partial charge in [-0.15, -0.1) is 12.4 Å². The van der Waals surface area contributed by atoms with Crippen molar-refractivity contribution in [1.29, 1.82) is 0 Å². The minimum atomic E-state index is 0. The van der Waals surface area contributed by atoms with Crippen molar-refractivity contribution < 1.29 is 4.79 Å². The minimum absolute atomic E-state index is 0. The molecule has 0 aromatic carbocycles. The van der Waals surface area contributed by atoms with Crippen LogP contribution in [0.15, 0.2) is 0 Å². The van der Waals surface area contributed by atoms with Crippen molar-refractivity contribution in [2.45, 2.75) is 32.1 Å². The number of hydrogen-bond donors (Lipinski definition) is 1. The molecule has 0 aromatic rings. The Balaban J connectivity index is 0.00000289. The van der Waals surface area contributed by atoms with Crippen LogP contribution < -0.4 is 5.32 Å². The van der Waals surface area contributed by atoms with E-state index in [1.165, 1.54) is 25.0 Å². The second kappa shape index (κ2) is 10.9. The maximum absolute atomic E-state index is 12.0. The first kappa shape index (κ1) is 18.1. The van der Waals surface area contributed by atoms with Gasteiger partial charge in [0, 0.05) is 19.5 Å². The van der Waals surface area contributed by atoms with E-state index in [4.69, 9.17) is 0 Å². The fourth-order valence-corrected chi connectivity index (χ4v) is 2.92. The van der Waals surface area contributed by atoms with Crippen LogP contribution in [-0.2, 0) is 4.79 Å². The smallest absolute Gasteiger partial charge is 0.222 e. The number of carbonyl (C=O) groups excluding carboxylic acids is 1. The van der Waals surface area contributed by atoms with Crippen LogP contribution >= 0.6 is 24.2 Å². The van der Waals surface area contributed by atoms with Crippen LogP contribution in [-0.4, -0.2) is 49.5 Å². The van der Waals surface area contributed by atoms with Crippen molar-refractivity contribution >= 4 is 30.1 Å². The van der Waals surface area contributed by atoms with Gasteiger partial charge in [0.1, 0.15) is 0 Å². The molecule has 1 amide bonds. The quantitative estimate of drug-likeness (QED) is 0.732. The Kier molecular flexibility index (Phi) is 11.0. The molecule has 1 atom stereocenters. The lowest BCUT2D eigenvalue weighted by atomic mass is 9.97. The van der Waals surface area contributed by atoms with E-state index < -0.39 is 0 Å². The number of halogens is 1. The Morgan fingerprint density at radius 3 is 2.89 bits per heavy atom. The van der Waals surface area contributed by atoms with Gasteiger partial charge >= 0.3 is 0 Å². The minimum Gasteiger partial charge on any atom is -0.342 e. The van der Waals surface area contributed by atoms with Gasteiger partial charge in [-0.25, -0.2) is 0 Å². The standard InChI is InChI=1S/C13H26N2OS.ClH/c1-14-10-12-6-5-8-15(11-12)13(16)7-3-4-9-17-2;/h12,14H,3-11H2,1-2H3;1H. The van der Waals surface area contributed by atoms with E-state index in [2.05, 4.69) is 16.5 Å². The van der Waals surface area contributed by atoms with Crippen LogP contribution in [0.4, 0.5) is 0 Å². The van der Waals surface area contributed by atoms with E-state index in [0.717, 1.165) is 32.5 Å². The van der Waals surface area contributed by atoms with Crippen molar-refractivity contribution in [1.82, 2.24) is 10.2 Å². The Labute approximate surface area is 122 Å².